The Bertz CT molecular complexity index is 436. The summed E-state index contributed by atoms with van der Waals surface area (Å²) in [6, 6.07) is 0.117. The quantitative estimate of drug-likeness (QED) is 0.482. The minimum absolute atomic E-state index is 0.0791. The van der Waals surface area contributed by atoms with Crippen LogP contribution in [0.2, 0.25) is 0 Å². The number of hydrogen-bond acceptors (Lipinski definition) is 3. The van der Waals surface area contributed by atoms with Crippen LogP contribution in [0.4, 0.5) is 4.79 Å². The molecule has 2 amide bonds. The van der Waals surface area contributed by atoms with Crippen LogP contribution in [0.1, 0.15) is 47.0 Å². The number of likely N-dealkylation sites (tertiary alicyclic amines) is 2. The van der Waals surface area contributed by atoms with Gasteiger partial charge in [-0.05, 0) is 46.0 Å². The molecule has 0 bridgehead atoms. The molecule has 5 nitrogen and oxygen atoms in total. The van der Waals surface area contributed by atoms with Gasteiger partial charge in [0.2, 0.25) is 5.91 Å². The number of carbonyl (C=O) groups is 2. The van der Waals surface area contributed by atoms with Crippen molar-refractivity contribution in [1.82, 2.24) is 9.80 Å². The molecule has 0 N–H and O–H groups in total. The summed E-state index contributed by atoms with van der Waals surface area (Å²) in [5.41, 5.74) is -0.482. The first-order chi connectivity index (χ1) is 10.2. The van der Waals surface area contributed by atoms with E-state index in [2.05, 4.69) is 29.5 Å². The van der Waals surface area contributed by atoms with Gasteiger partial charge in [-0.2, -0.15) is 0 Å². The summed E-state index contributed by atoms with van der Waals surface area (Å²) in [6.45, 7) is 9.93. The monoisotopic (exact) mass is 422 g/mol. The van der Waals surface area contributed by atoms with Crippen LogP contribution in [0, 0.1) is 5.92 Å². The first-order valence-electron chi connectivity index (χ1n) is 8.11. The van der Waals surface area contributed by atoms with Gasteiger partial charge in [0.25, 0.3) is 0 Å². The summed E-state index contributed by atoms with van der Waals surface area (Å²) >= 11 is 2.24. The number of rotatable bonds is 1. The maximum Gasteiger partial charge on any atom is 0.410 e. The van der Waals surface area contributed by atoms with Crippen LogP contribution in [0.25, 0.3) is 0 Å². The third-order valence-corrected chi connectivity index (χ3v) is 5.53. The van der Waals surface area contributed by atoms with E-state index in [4.69, 9.17) is 4.74 Å². The number of alkyl halides is 1. The van der Waals surface area contributed by atoms with Gasteiger partial charge in [0.1, 0.15) is 5.60 Å². The smallest absolute Gasteiger partial charge is 0.410 e. The summed E-state index contributed by atoms with van der Waals surface area (Å²) in [6.07, 6.45) is 2.67. The van der Waals surface area contributed by atoms with Crippen LogP contribution in [0.5, 0.6) is 0 Å². The van der Waals surface area contributed by atoms with Crippen molar-refractivity contribution in [2.24, 2.45) is 5.92 Å². The van der Waals surface area contributed by atoms with Crippen molar-refractivity contribution >= 4 is 34.6 Å². The molecule has 0 aromatic carbocycles. The number of halogens is 1. The Kier molecular flexibility index (Phi) is 5.61. The summed E-state index contributed by atoms with van der Waals surface area (Å²) in [4.78, 5) is 28.5. The topological polar surface area (TPSA) is 49.9 Å². The fourth-order valence-electron chi connectivity index (χ4n) is 3.13. The number of ether oxygens (including phenoxy) is 1. The number of piperidine rings is 2. The molecule has 22 heavy (non-hydrogen) atoms. The Labute approximate surface area is 146 Å². The molecule has 2 fully saturated rings. The van der Waals surface area contributed by atoms with Crippen molar-refractivity contribution in [3.8, 4) is 0 Å². The zero-order chi connectivity index (χ0) is 16.5. The van der Waals surface area contributed by atoms with Gasteiger partial charge in [-0.15, -0.1) is 0 Å². The number of hydrogen-bond donors (Lipinski definition) is 0. The average molecular weight is 422 g/mol. The van der Waals surface area contributed by atoms with Crippen molar-refractivity contribution in [1.29, 1.82) is 0 Å². The van der Waals surface area contributed by atoms with Crippen LogP contribution < -0.4 is 0 Å². The Morgan fingerprint density at radius 2 is 1.95 bits per heavy atom. The molecule has 2 aliphatic rings. The second kappa shape index (κ2) is 6.93. The summed E-state index contributed by atoms with van der Waals surface area (Å²) in [7, 11) is 0. The predicted octanol–water partition coefficient (Wildman–Crippen LogP) is 3.06. The standard InChI is InChI=1S/C16H27IN2O3/c1-11-7-9-18(15(21)22-16(2,3)4)10-13(11)19-8-5-6-12(17)14(19)20/h11-13H,5-10H2,1-4H3/t11-,12-,13+/m0/s1. The molecule has 0 aromatic heterocycles. The van der Waals surface area contributed by atoms with E-state index in [9.17, 15) is 9.59 Å². The first kappa shape index (κ1) is 17.8. The molecule has 2 saturated heterocycles. The van der Waals surface area contributed by atoms with Crippen LogP contribution in [0.15, 0.2) is 0 Å². The predicted molar refractivity (Wildman–Crippen MR) is 94.1 cm³/mol. The Balaban J connectivity index is 2.05. The largest absolute Gasteiger partial charge is 0.444 e. The summed E-state index contributed by atoms with van der Waals surface area (Å²) in [5.74, 6) is 0.652. The zero-order valence-electron chi connectivity index (χ0n) is 14.0. The van der Waals surface area contributed by atoms with Gasteiger partial charge >= 0.3 is 6.09 Å². The van der Waals surface area contributed by atoms with E-state index in [1.807, 2.05) is 25.7 Å². The minimum Gasteiger partial charge on any atom is -0.444 e. The van der Waals surface area contributed by atoms with Gasteiger partial charge in [0.05, 0.1) is 9.97 Å². The van der Waals surface area contributed by atoms with E-state index >= 15 is 0 Å². The highest BCUT2D eigenvalue weighted by molar-refractivity contribution is 14.1. The van der Waals surface area contributed by atoms with Crippen LogP contribution >= 0.6 is 22.6 Å². The second-order valence-electron chi connectivity index (χ2n) is 7.40. The Hall–Kier alpha value is -0.530. The maximum atomic E-state index is 12.5. The third kappa shape index (κ3) is 4.26. The molecule has 2 rings (SSSR count). The van der Waals surface area contributed by atoms with E-state index in [1.165, 1.54) is 0 Å². The second-order valence-corrected chi connectivity index (χ2v) is 8.90. The van der Waals surface area contributed by atoms with Crippen LogP contribution in [0.3, 0.4) is 0 Å². The highest BCUT2D eigenvalue weighted by atomic mass is 127. The Morgan fingerprint density at radius 1 is 1.27 bits per heavy atom. The highest BCUT2D eigenvalue weighted by Gasteiger charge is 2.39. The van der Waals surface area contributed by atoms with Crippen LogP contribution in [-0.4, -0.2) is 57.0 Å². The van der Waals surface area contributed by atoms with E-state index < -0.39 is 5.60 Å². The van der Waals surface area contributed by atoms with Crippen molar-refractivity contribution in [3.05, 3.63) is 0 Å². The maximum absolute atomic E-state index is 12.5. The molecule has 126 valence electrons. The first-order valence-corrected chi connectivity index (χ1v) is 9.36. The average Bonchev–Trinajstić information content (AvgIpc) is 2.41. The molecule has 0 spiro atoms. The SMILES string of the molecule is C[C@H]1CCN(C(=O)OC(C)(C)C)C[C@H]1N1CCC[C@H](I)C1=O. The lowest BCUT2D eigenvalue weighted by Gasteiger charge is -2.45. The van der Waals surface area contributed by atoms with E-state index in [0.29, 0.717) is 19.0 Å². The fraction of sp³-hybridized carbons (Fsp3) is 0.875. The molecular weight excluding hydrogens is 395 g/mol. The summed E-state index contributed by atoms with van der Waals surface area (Å²) < 4.78 is 5.56. The molecule has 0 saturated carbocycles. The van der Waals surface area contributed by atoms with Gasteiger partial charge in [0.15, 0.2) is 0 Å². The third-order valence-electron chi connectivity index (χ3n) is 4.38. The summed E-state index contributed by atoms with van der Waals surface area (Å²) in [5, 5.41) is 0. The molecule has 2 aliphatic heterocycles. The molecular formula is C16H27IN2O3. The van der Waals surface area contributed by atoms with E-state index in [1.54, 1.807) is 4.90 Å². The van der Waals surface area contributed by atoms with Crippen molar-refractivity contribution < 1.29 is 14.3 Å². The molecule has 0 aliphatic carbocycles. The van der Waals surface area contributed by atoms with Crippen LogP contribution in [-0.2, 0) is 9.53 Å². The molecule has 0 radical (unpaired) electrons. The molecule has 0 unspecified atom stereocenters. The number of nitrogens with zero attached hydrogens (tertiary/aromatic N) is 2. The lowest BCUT2D eigenvalue weighted by Crippen LogP contribution is -2.58. The lowest BCUT2D eigenvalue weighted by atomic mass is 9.90. The van der Waals surface area contributed by atoms with Gasteiger partial charge in [-0.25, -0.2) is 4.79 Å². The van der Waals surface area contributed by atoms with Gasteiger partial charge in [-0.3, -0.25) is 4.79 Å². The van der Waals surface area contributed by atoms with E-state index in [0.717, 1.165) is 25.8 Å². The van der Waals surface area contributed by atoms with Gasteiger partial charge < -0.3 is 14.5 Å². The van der Waals surface area contributed by atoms with Gasteiger partial charge in [-0.1, -0.05) is 29.5 Å². The highest BCUT2D eigenvalue weighted by Crippen LogP contribution is 2.28. The number of amides is 2. The normalized spacial score (nSPS) is 30.4. The zero-order valence-corrected chi connectivity index (χ0v) is 16.1. The lowest BCUT2D eigenvalue weighted by molar-refractivity contribution is -0.137. The van der Waals surface area contributed by atoms with Crippen molar-refractivity contribution in [3.63, 3.8) is 0 Å². The van der Waals surface area contributed by atoms with Crippen molar-refractivity contribution in [2.45, 2.75) is 62.5 Å². The molecule has 6 heteroatoms. The van der Waals surface area contributed by atoms with E-state index in [-0.39, 0.29) is 22.0 Å². The fourth-order valence-corrected chi connectivity index (χ4v) is 3.93. The number of carbonyl (C=O) groups excluding carboxylic acids is 2. The van der Waals surface area contributed by atoms with Gasteiger partial charge in [0, 0.05) is 19.6 Å². The van der Waals surface area contributed by atoms with Crippen molar-refractivity contribution in [2.75, 3.05) is 19.6 Å². The molecule has 3 atom stereocenters. The molecule has 0 aromatic rings. The molecule has 2 heterocycles. The minimum atomic E-state index is -0.482. The Morgan fingerprint density at radius 3 is 2.59 bits per heavy atom.